The maximum Gasteiger partial charge on any atom is 0.106 e. The summed E-state index contributed by atoms with van der Waals surface area (Å²) < 4.78 is 7.64. The van der Waals surface area contributed by atoms with E-state index < -0.39 is 0 Å². The lowest BCUT2D eigenvalue weighted by Crippen LogP contribution is -2.37. The van der Waals surface area contributed by atoms with E-state index in [1.807, 2.05) is 18.2 Å². The number of fused-ring (bicyclic) bond motifs is 1. The molecule has 108 valence electrons. The number of rotatable bonds is 4. The van der Waals surface area contributed by atoms with Crippen LogP contribution in [0, 0.1) is 6.92 Å². The van der Waals surface area contributed by atoms with Crippen molar-refractivity contribution >= 4 is 22.6 Å². The molecule has 1 fully saturated rings. The van der Waals surface area contributed by atoms with Gasteiger partial charge in [0.25, 0.3) is 0 Å². The maximum absolute atomic E-state index is 6.09. The second kappa shape index (κ2) is 6.12. The van der Waals surface area contributed by atoms with Crippen LogP contribution in [0.15, 0.2) is 18.2 Å². The molecule has 0 N–H and O–H groups in total. The quantitative estimate of drug-likeness (QED) is 0.868. The van der Waals surface area contributed by atoms with E-state index in [0.717, 1.165) is 67.7 Å². The molecule has 1 aliphatic heterocycles. The molecule has 4 nitrogen and oxygen atoms in total. The standard InChI is InChI=1S/C15H20ClN3O/c1-12-17-14-4-3-13(16)11-15(14)19(12)6-2-5-18-7-9-20-10-8-18/h3-4,11H,2,5-10H2,1H3. The normalized spacial score (nSPS) is 16.9. The average Bonchev–Trinajstić information content (AvgIpc) is 2.76. The van der Waals surface area contributed by atoms with Crippen molar-refractivity contribution in [3.63, 3.8) is 0 Å². The van der Waals surface area contributed by atoms with E-state index in [9.17, 15) is 0 Å². The molecule has 1 saturated heterocycles. The summed E-state index contributed by atoms with van der Waals surface area (Å²) in [5.41, 5.74) is 2.16. The van der Waals surface area contributed by atoms with Gasteiger partial charge in [-0.2, -0.15) is 0 Å². The molecule has 0 atom stereocenters. The highest BCUT2D eigenvalue weighted by Crippen LogP contribution is 2.20. The van der Waals surface area contributed by atoms with Gasteiger partial charge >= 0.3 is 0 Å². The molecule has 3 rings (SSSR count). The van der Waals surface area contributed by atoms with E-state index in [0.29, 0.717) is 0 Å². The minimum absolute atomic E-state index is 0.770. The summed E-state index contributed by atoms with van der Waals surface area (Å²) in [5, 5.41) is 0.770. The first-order chi connectivity index (χ1) is 9.74. The summed E-state index contributed by atoms with van der Waals surface area (Å²) in [7, 11) is 0. The number of ether oxygens (including phenoxy) is 1. The smallest absolute Gasteiger partial charge is 0.106 e. The predicted molar refractivity (Wildman–Crippen MR) is 81.4 cm³/mol. The molecule has 0 unspecified atom stereocenters. The zero-order valence-electron chi connectivity index (χ0n) is 11.8. The highest BCUT2D eigenvalue weighted by molar-refractivity contribution is 6.31. The second-order valence-electron chi connectivity index (χ2n) is 5.25. The SMILES string of the molecule is Cc1nc2ccc(Cl)cc2n1CCCN1CCOCC1. The molecule has 0 radical (unpaired) electrons. The summed E-state index contributed by atoms with van der Waals surface area (Å²) in [6, 6.07) is 5.89. The van der Waals surface area contributed by atoms with Gasteiger partial charge in [0.05, 0.1) is 24.2 Å². The molecule has 5 heteroatoms. The average molecular weight is 294 g/mol. The zero-order valence-corrected chi connectivity index (χ0v) is 12.6. The number of hydrogen-bond donors (Lipinski definition) is 0. The molecule has 1 aliphatic rings. The van der Waals surface area contributed by atoms with Crippen molar-refractivity contribution in [2.75, 3.05) is 32.8 Å². The topological polar surface area (TPSA) is 30.3 Å². The number of aryl methyl sites for hydroxylation is 2. The van der Waals surface area contributed by atoms with Gasteiger partial charge < -0.3 is 9.30 Å². The number of aromatic nitrogens is 2. The Hall–Kier alpha value is -1.10. The van der Waals surface area contributed by atoms with Crippen LogP contribution in [0.1, 0.15) is 12.2 Å². The van der Waals surface area contributed by atoms with Gasteiger partial charge in [-0.15, -0.1) is 0 Å². The molecule has 0 spiro atoms. The fourth-order valence-corrected chi connectivity index (χ4v) is 2.94. The molecule has 0 aliphatic carbocycles. The van der Waals surface area contributed by atoms with Gasteiger partial charge in [0.2, 0.25) is 0 Å². The molecule has 0 amide bonds. The highest BCUT2D eigenvalue weighted by atomic mass is 35.5. The van der Waals surface area contributed by atoms with Gasteiger partial charge in [0, 0.05) is 31.2 Å². The summed E-state index contributed by atoms with van der Waals surface area (Å²) in [4.78, 5) is 7.05. The summed E-state index contributed by atoms with van der Waals surface area (Å²) in [6.07, 6.45) is 1.12. The fourth-order valence-electron chi connectivity index (χ4n) is 2.78. The van der Waals surface area contributed by atoms with Crippen LogP contribution in [0.5, 0.6) is 0 Å². The van der Waals surface area contributed by atoms with Crippen LogP contribution in [-0.4, -0.2) is 47.3 Å². The number of imidazole rings is 1. The molecule has 2 heterocycles. The number of nitrogens with zero attached hydrogens (tertiary/aromatic N) is 3. The van der Waals surface area contributed by atoms with Crippen molar-refractivity contribution in [1.29, 1.82) is 0 Å². The number of morpholine rings is 1. The zero-order chi connectivity index (χ0) is 13.9. The van der Waals surface area contributed by atoms with Gasteiger partial charge in [-0.3, -0.25) is 4.90 Å². The first-order valence-electron chi connectivity index (χ1n) is 7.16. The molecule has 1 aromatic heterocycles. The van der Waals surface area contributed by atoms with E-state index >= 15 is 0 Å². The Morgan fingerprint density at radius 3 is 2.85 bits per heavy atom. The Bertz CT molecular complexity index is 590. The van der Waals surface area contributed by atoms with Crippen LogP contribution in [-0.2, 0) is 11.3 Å². The minimum Gasteiger partial charge on any atom is -0.379 e. The Balaban J connectivity index is 1.67. The fraction of sp³-hybridized carbons (Fsp3) is 0.533. The summed E-state index contributed by atoms with van der Waals surface area (Å²) in [5.74, 6) is 1.06. The molecular formula is C15H20ClN3O. The van der Waals surface area contributed by atoms with Crippen LogP contribution in [0.2, 0.25) is 5.02 Å². The van der Waals surface area contributed by atoms with E-state index in [4.69, 9.17) is 16.3 Å². The van der Waals surface area contributed by atoms with Crippen LogP contribution < -0.4 is 0 Å². The van der Waals surface area contributed by atoms with Crippen LogP contribution in [0.25, 0.3) is 11.0 Å². The Kier molecular flexibility index (Phi) is 4.24. The second-order valence-corrected chi connectivity index (χ2v) is 5.69. The molecular weight excluding hydrogens is 274 g/mol. The van der Waals surface area contributed by atoms with Crippen molar-refractivity contribution in [2.45, 2.75) is 19.9 Å². The van der Waals surface area contributed by atoms with E-state index in [1.54, 1.807) is 0 Å². The Labute approximate surface area is 124 Å². The lowest BCUT2D eigenvalue weighted by molar-refractivity contribution is 0.0369. The van der Waals surface area contributed by atoms with Gasteiger partial charge in [-0.05, 0) is 31.5 Å². The Morgan fingerprint density at radius 2 is 2.05 bits per heavy atom. The van der Waals surface area contributed by atoms with Crippen LogP contribution in [0.4, 0.5) is 0 Å². The van der Waals surface area contributed by atoms with Gasteiger partial charge in [0.1, 0.15) is 5.82 Å². The van der Waals surface area contributed by atoms with Crippen molar-refractivity contribution in [2.24, 2.45) is 0 Å². The third-order valence-corrected chi connectivity index (χ3v) is 4.10. The molecule has 20 heavy (non-hydrogen) atoms. The molecule has 1 aromatic carbocycles. The van der Waals surface area contributed by atoms with Crippen molar-refractivity contribution in [1.82, 2.24) is 14.5 Å². The van der Waals surface area contributed by atoms with Crippen molar-refractivity contribution in [3.05, 3.63) is 29.0 Å². The highest BCUT2D eigenvalue weighted by Gasteiger charge is 2.11. The van der Waals surface area contributed by atoms with Gasteiger partial charge in [-0.25, -0.2) is 4.98 Å². The first-order valence-corrected chi connectivity index (χ1v) is 7.54. The van der Waals surface area contributed by atoms with Gasteiger partial charge in [0.15, 0.2) is 0 Å². The molecule has 2 aromatic rings. The van der Waals surface area contributed by atoms with Crippen molar-refractivity contribution < 1.29 is 4.74 Å². The third kappa shape index (κ3) is 2.97. The Morgan fingerprint density at radius 1 is 1.25 bits per heavy atom. The first kappa shape index (κ1) is 13.9. The van der Waals surface area contributed by atoms with E-state index in [2.05, 4.69) is 21.4 Å². The lowest BCUT2D eigenvalue weighted by Gasteiger charge is -2.26. The minimum atomic E-state index is 0.770. The largest absolute Gasteiger partial charge is 0.379 e. The van der Waals surface area contributed by atoms with E-state index in [-0.39, 0.29) is 0 Å². The number of hydrogen-bond acceptors (Lipinski definition) is 3. The number of halogens is 1. The monoisotopic (exact) mass is 293 g/mol. The summed E-state index contributed by atoms with van der Waals surface area (Å²) >= 11 is 6.09. The van der Waals surface area contributed by atoms with E-state index in [1.165, 1.54) is 0 Å². The van der Waals surface area contributed by atoms with Crippen molar-refractivity contribution in [3.8, 4) is 0 Å². The lowest BCUT2D eigenvalue weighted by atomic mass is 10.3. The predicted octanol–water partition coefficient (Wildman–Crippen LogP) is 2.72. The van der Waals surface area contributed by atoms with Crippen LogP contribution in [0.3, 0.4) is 0 Å². The molecule has 0 saturated carbocycles. The third-order valence-electron chi connectivity index (χ3n) is 3.86. The van der Waals surface area contributed by atoms with Gasteiger partial charge in [-0.1, -0.05) is 11.6 Å². The maximum atomic E-state index is 6.09. The number of benzene rings is 1. The summed E-state index contributed by atoms with van der Waals surface area (Å²) in [6.45, 7) is 7.99. The van der Waals surface area contributed by atoms with Crippen LogP contribution >= 0.6 is 11.6 Å². The molecule has 0 bridgehead atoms.